The predicted octanol–water partition coefficient (Wildman–Crippen LogP) is 0.591. The summed E-state index contributed by atoms with van der Waals surface area (Å²) in [6.45, 7) is 7.98. The van der Waals surface area contributed by atoms with E-state index in [1.54, 1.807) is 0 Å². The van der Waals surface area contributed by atoms with Gasteiger partial charge in [-0.1, -0.05) is 0 Å². The summed E-state index contributed by atoms with van der Waals surface area (Å²) in [5.41, 5.74) is -0.682. The van der Waals surface area contributed by atoms with E-state index in [9.17, 15) is 10.1 Å². The third kappa shape index (κ3) is 4.43. The summed E-state index contributed by atoms with van der Waals surface area (Å²) in [6, 6.07) is 2.28. The van der Waals surface area contributed by atoms with Gasteiger partial charge in [-0.2, -0.15) is 5.26 Å². The van der Waals surface area contributed by atoms with Gasteiger partial charge in [0.25, 0.3) is 0 Å². The summed E-state index contributed by atoms with van der Waals surface area (Å²) < 4.78 is 5.69. The van der Waals surface area contributed by atoms with Gasteiger partial charge >= 0.3 is 0 Å². The second-order valence-electron chi connectivity index (χ2n) is 7.35. The molecule has 2 atom stereocenters. The van der Waals surface area contributed by atoms with E-state index in [1.165, 1.54) is 12.8 Å². The molecule has 1 N–H and O–H groups in total. The Morgan fingerprint density at radius 1 is 1.26 bits per heavy atom. The average Bonchev–Trinajstić information content (AvgIpc) is 3.28. The molecule has 6 nitrogen and oxygen atoms in total. The molecule has 0 bridgehead atoms. The van der Waals surface area contributed by atoms with Crippen LogP contribution in [0, 0.1) is 17.2 Å². The highest BCUT2D eigenvalue weighted by Gasteiger charge is 2.43. The maximum absolute atomic E-state index is 12.2. The maximum Gasteiger partial charge on any atom is 0.235 e. The standard InChI is InChI=1S/C17H28N4O2/c1-17(13-18,14-4-5-14)19-16(22)12-21-8-6-20(7-9-21)11-15-3-2-10-23-15/h14-15H,2-12H2,1H3,(H,19,22). The minimum absolute atomic E-state index is 0.0199. The molecule has 2 heterocycles. The fourth-order valence-electron chi connectivity index (χ4n) is 3.62. The zero-order chi connectivity index (χ0) is 16.3. The largest absolute Gasteiger partial charge is 0.377 e. The van der Waals surface area contributed by atoms with Crippen molar-refractivity contribution in [3.8, 4) is 6.07 Å². The SMILES string of the molecule is CC(C#N)(NC(=O)CN1CCN(CC2CCCO2)CC1)C1CC1. The van der Waals surface area contributed by atoms with Crippen molar-refractivity contribution in [2.24, 2.45) is 5.92 Å². The van der Waals surface area contributed by atoms with Gasteiger partial charge in [0.05, 0.1) is 18.7 Å². The molecule has 128 valence electrons. The molecule has 1 amide bonds. The lowest BCUT2D eigenvalue weighted by molar-refractivity contribution is -0.124. The van der Waals surface area contributed by atoms with E-state index in [2.05, 4.69) is 21.2 Å². The number of rotatable bonds is 6. The fraction of sp³-hybridized carbons (Fsp3) is 0.882. The summed E-state index contributed by atoms with van der Waals surface area (Å²) in [5.74, 6) is 0.313. The lowest BCUT2D eigenvalue weighted by Gasteiger charge is -2.35. The molecule has 0 aromatic carbocycles. The van der Waals surface area contributed by atoms with Crippen molar-refractivity contribution in [1.29, 1.82) is 5.26 Å². The molecular formula is C17H28N4O2. The number of carbonyl (C=O) groups excluding carboxylic acids is 1. The molecule has 0 spiro atoms. The highest BCUT2D eigenvalue weighted by atomic mass is 16.5. The van der Waals surface area contributed by atoms with Gasteiger partial charge in [0.2, 0.25) is 5.91 Å². The Kier molecular flexibility index (Phi) is 5.20. The van der Waals surface area contributed by atoms with Crippen LogP contribution in [-0.2, 0) is 9.53 Å². The molecule has 3 rings (SSSR count). The number of ether oxygens (including phenoxy) is 1. The van der Waals surface area contributed by atoms with Crippen LogP contribution in [0.2, 0.25) is 0 Å². The van der Waals surface area contributed by atoms with Gasteiger partial charge in [0.1, 0.15) is 5.54 Å². The minimum atomic E-state index is -0.682. The van der Waals surface area contributed by atoms with Crippen LogP contribution < -0.4 is 5.32 Å². The first-order valence-corrected chi connectivity index (χ1v) is 8.87. The number of amides is 1. The van der Waals surface area contributed by atoms with Crippen LogP contribution in [-0.4, -0.2) is 73.2 Å². The van der Waals surface area contributed by atoms with E-state index in [4.69, 9.17) is 4.74 Å². The van der Waals surface area contributed by atoms with Crippen molar-refractivity contribution < 1.29 is 9.53 Å². The van der Waals surface area contributed by atoms with E-state index in [0.717, 1.165) is 52.2 Å². The van der Waals surface area contributed by atoms with Crippen LogP contribution in [0.1, 0.15) is 32.6 Å². The van der Waals surface area contributed by atoms with Gasteiger partial charge in [0.15, 0.2) is 0 Å². The summed E-state index contributed by atoms with van der Waals surface area (Å²) in [6.07, 6.45) is 4.86. The Bertz CT molecular complexity index is 460. The molecule has 1 saturated carbocycles. The number of hydrogen-bond acceptors (Lipinski definition) is 5. The predicted molar refractivity (Wildman–Crippen MR) is 86.7 cm³/mol. The number of piperazine rings is 1. The first-order valence-electron chi connectivity index (χ1n) is 8.87. The van der Waals surface area contributed by atoms with Crippen molar-refractivity contribution in [3.63, 3.8) is 0 Å². The van der Waals surface area contributed by atoms with E-state index >= 15 is 0 Å². The lowest BCUT2D eigenvalue weighted by Crippen LogP contribution is -2.54. The molecule has 0 radical (unpaired) electrons. The molecule has 0 aromatic heterocycles. The van der Waals surface area contributed by atoms with Gasteiger partial charge < -0.3 is 10.1 Å². The third-order valence-electron chi connectivity index (χ3n) is 5.34. The zero-order valence-electron chi connectivity index (χ0n) is 14.1. The zero-order valence-corrected chi connectivity index (χ0v) is 14.1. The van der Waals surface area contributed by atoms with Gasteiger partial charge in [-0.05, 0) is 38.5 Å². The fourth-order valence-corrected chi connectivity index (χ4v) is 3.62. The molecule has 0 aromatic rings. The van der Waals surface area contributed by atoms with Crippen molar-refractivity contribution >= 4 is 5.91 Å². The van der Waals surface area contributed by atoms with E-state index in [1.807, 2.05) is 6.92 Å². The molecule has 23 heavy (non-hydrogen) atoms. The van der Waals surface area contributed by atoms with E-state index in [0.29, 0.717) is 18.6 Å². The first kappa shape index (κ1) is 16.7. The molecular weight excluding hydrogens is 292 g/mol. The topological polar surface area (TPSA) is 68.6 Å². The smallest absolute Gasteiger partial charge is 0.235 e. The van der Waals surface area contributed by atoms with Gasteiger partial charge in [-0.25, -0.2) is 0 Å². The maximum atomic E-state index is 12.2. The number of nitrogens with one attached hydrogen (secondary N) is 1. The van der Waals surface area contributed by atoms with Crippen LogP contribution in [0.25, 0.3) is 0 Å². The molecule has 3 aliphatic rings. The van der Waals surface area contributed by atoms with Crippen LogP contribution in [0.3, 0.4) is 0 Å². The monoisotopic (exact) mass is 320 g/mol. The second-order valence-corrected chi connectivity index (χ2v) is 7.35. The summed E-state index contributed by atoms with van der Waals surface area (Å²) in [4.78, 5) is 16.9. The van der Waals surface area contributed by atoms with Crippen molar-refractivity contribution in [3.05, 3.63) is 0 Å². The molecule has 6 heteroatoms. The van der Waals surface area contributed by atoms with Gasteiger partial charge in [-0.15, -0.1) is 0 Å². The Morgan fingerprint density at radius 2 is 1.96 bits per heavy atom. The van der Waals surface area contributed by atoms with E-state index in [-0.39, 0.29) is 5.91 Å². The Balaban J connectivity index is 1.38. The number of hydrogen-bond donors (Lipinski definition) is 1. The Morgan fingerprint density at radius 3 is 2.52 bits per heavy atom. The van der Waals surface area contributed by atoms with Crippen molar-refractivity contribution in [2.45, 2.75) is 44.2 Å². The normalized spacial score (nSPS) is 29.0. The van der Waals surface area contributed by atoms with Gasteiger partial charge in [-0.3, -0.25) is 14.6 Å². The van der Waals surface area contributed by atoms with Crippen LogP contribution in [0.5, 0.6) is 0 Å². The molecule has 1 aliphatic carbocycles. The summed E-state index contributed by atoms with van der Waals surface area (Å²) in [7, 11) is 0. The van der Waals surface area contributed by atoms with Crippen molar-refractivity contribution in [2.75, 3.05) is 45.9 Å². The molecule has 3 fully saturated rings. The quantitative estimate of drug-likeness (QED) is 0.776. The highest BCUT2D eigenvalue weighted by Crippen LogP contribution is 2.39. The van der Waals surface area contributed by atoms with Crippen LogP contribution in [0.4, 0.5) is 0 Å². The Hall–Kier alpha value is -1.16. The average molecular weight is 320 g/mol. The number of nitriles is 1. The highest BCUT2D eigenvalue weighted by molar-refractivity contribution is 5.79. The minimum Gasteiger partial charge on any atom is -0.377 e. The number of carbonyl (C=O) groups is 1. The van der Waals surface area contributed by atoms with Crippen molar-refractivity contribution in [1.82, 2.24) is 15.1 Å². The van der Waals surface area contributed by atoms with Crippen LogP contribution >= 0.6 is 0 Å². The lowest BCUT2D eigenvalue weighted by atomic mass is 9.98. The molecule has 2 unspecified atom stereocenters. The first-order chi connectivity index (χ1) is 11.1. The van der Waals surface area contributed by atoms with Crippen LogP contribution in [0.15, 0.2) is 0 Å². The Labute approximate surface area is 138 Å². The number of nitrogens with zero attached hydrogens (tertiary/aromatic N) is 3. The van der Waals surface area contributed by atoms with Gasteiger partial charge in [0, 0.05) is 39.3 Å². The summed E-state index contributed by atoms with van der Waals surface area (Å²) >= 11 is 0. The summed E-state index contributed by atoms with van der Waals surface area (Å²) in [5, 5.41) is 12.3. The molecule has 2 saturated heterocycles. The van der Waals surface area contributed by atoms with E-state index < -0.39 is 5.54 Å². The molecule has 2 aliphatic heterocycles. The third-order valence-corrected chi connectivity index (χ3v) is 5.34. The second kappa shape index (κ2) is 7.16.